The molecule has 0 fully saturated rings. The Morgan fingerprint density at radius 2 is 2.36 bits per heavy atom. The summed E-state index contributed by atoms with van der Waals surface area (Å²) in [6.45, 7) is 0. The summed E-state index contributed by atoms with van der Waals surface area (Å²) in [5.41, 5.74) is 0.699. The normalized spacial score (nSPS) is 10.8. The van der Waals surface area contributed by atoms with Gasteiger partial charge in [-0.2, -0.15) is 0 Å². The lowest BCUT2D eigenvalue weighted by Gasteiger charge is -1.99. The second-order valence-electron chi connectivity index (χ2n) is 2.58. The zero-order chi connectivity index (χ0) is 10.1. The van der Waals surface area contributed by atoms with E-state index in [4.69, 9.17) is 4.74 Å². The van der Waals surface area contributed by atoms with Crippen LogP contribution in [0.15, 0.2) is 16.5 Å². The van der Waals surface area contributed by atoms with Crippen LogP contribution in [0.25, 0.3) is 10.2 Å². The minimum absolute atomic E-state index is 0.307. The molecule has 1 aromatic carbocycles. The van der Waals surface area contributed by atoms with Gasteiger partial charge >= 0.3 is 0 Å². The SMILES string of the molecule is [CH2]Sc1nc2c(OC)cc(F)cc2s1. The van der Waals surface area contributed by atoms with E-state index >= 15 is 0 Å². The molecule has 0 amide bonds. The van der Waals surface area contributed by atoms with Gasteiger partial charge in [-0.25, -0.2) is 9.37 Å². The molecule has 5 heteroatoms. The third-order valence-electron chi connectivity index (χ3n) is 1.75. The number of ether oxygens (including phenoxy) is 1. The zero-order valence-electron chi connectivity index (χ0n) is 7.41. The summed E-state index contributed by atoms with van der Waals surface area (Å²) < 4.78 is 19.7. The lowest BCUT2D eigenvalue weighted by atomic mass is 10.3. The smallest absolute Gasteiger partial charge is 0.151 e. The van der Waals surface area contributed by atoms with Gasteiger partial charge in [0.2, 0.25) is 0 Å². The van der Waals surface area contributed by atoms with Gasteiger partial charge in [-0.3, -0.25) is 0 Å². The first-order valence-corrected chi connectivity index (χ1v) is 5.61. The van der Waals surface area contributed by atoms with Crippen molar-refractivity contribution >= 4 is 33.3 Å². The average molecular weight is 228 g/mol. The van der Waals surface area contributed by atoms with Crippen molar-refractivity contribution in [3.05, 3.63) is 24.2 Å². The van der Waals surface area contributed by atoms with Crippen molar-refractivity contribution in [1.82, 2.24) is 4.98 Å². The summed E-state index contributed by atoms with van der Waals surface area (Å²) in [6, 6.07) is 2.79. The molecule has 0 N–H and O–H groups in total. The number of nitrogens with zero attached hydrogens (tertiary/aromatic N) is 1. The Hall–Kier alpha value is -0.810. The molecule has 0 aliphatic heterocycles. The molecule has 14 heavy (non-hydrogen) atoms. The van der Waals surface area contributed by atoms with Gasteiger partial charge in [0.15, 0.2) is 4.34 Å². The Bertz CT molecular complexity index is 469. The number of benzene rings is 1. The fraction of sp³-hybridized carbons (Fsp3) is 0.111. The van der Waals surface area contributed by atoms with E-state index in [-0.39, 0.29) is 5.82 Å². The maximum absolute atomic E-state index is 13.1. The van der Waals surface area contributed by atoms with Gasteiger partial charge in [-0.15, -0.1) is 11.3 Å². The summed E-state index contributed by atoms with van der Waals surface area (Å²) in [4.78, 5) is 4.27. The third-order valence-corrected chi connectivity index (χ3v) is 3.49. The van der Waals surface area contributed by atoms with Crippen LogP contribution in [0.5, 0.6) is 5.75 Å². The zero-order valence-corrected chi connectivity index (χ0v) is 9.04. The van der Waals surface area contributed by atoms with E-state index < -0.39 is 0 Å². The maximum atomic E-state index is 13.1. The van der Waals surface area contributed by atoms with Crippen LogP contribution in [-0.2, 0) is 0 Å². The lowest BCUT2D eigenvalue weighted by molar-refractivity contribution is 0.415. The number of rotatable bonds is 2. The topological polar surface area (TPSA) is 22.1 Å². The van der Waals surface area contributed by atoms with E-state index in [0.29, 0.717) is 11.3 Å². The monoisotopic (exact) mass is 228 g/mol. The van der Waals surface area contributed by atoms with Gasteiger partial charge in [-0.1, -0.05) is 11.8 Å². The molecule has 0 aliphatic rings. The van der Waals surface area contributed by atoms with Crippen LogP contribution < -0.4 is 4.74 Å². The highest BCUT2D eigenvalue weighted by Gasteiger charge is 2.10. The molecule has 2 aromatic rings. The van der Waals surface area contributed by atoms with Crippen LogP contribution in [0, 0.1) is 12.1 Å². The number of hydrogen-bond donors (Lipinski definition) is 0. The van der Waals surface area contributed by atoms with Gasteiger partial charge < -0.3 is 4.74 Å². The van der Waals surface area contributed by atoms with Crippen LogP contribution >= 0.6 is 23.1 Å². The van der Waals surface area contributed by atoms with E-state index in [2.05, 4.69) is 11.2 Å². The number of fused-ring (bicyclic) bond motifs is 1. The quantitative estimate of drug-likeness (QED) is 0.736. The Morgan fingerprint density at radius 1 is 1.57 bits per heavy atom. The second kappa shape index (κ2) is 3.74. The van der Waals surface area contributed by atoms with E-state index in [1.54, 1.807) is 0 Å². The number of aromatic nitrogens is 1. The van der Waals surface area contributed by atoms with Gasteiger partial charge in [0.25, 0.3) is 0 Å². The first-order valence-electron chi connectivity index (χ1n) is 3.80. The highest BCUT2D eigenvalue weighted by Crippen LogP contribution is 2.34. The standard InChI is InChI=1S/C9H7FNOS2/c1-12-6-3-5(10)4-7-8(6)11-9(13-2)14-7/h3-4H,2H2,1H3. The van der Waals surface area contributed by atoms with Gasteiger partial charge in [0.1, 0.15) is 17.1 Å². The molecular weight excluding hydrogens is 221 g/mol. The van der Waals surface area contributed by atoms with Gasteiger partial charge in [-0.05, 0) is 6.07 Å². The molecule has 1 heterocycles. The number of halogens is 1. The fourth-order valence-corrected chi connectivity index (χ4v) is 2.56. The van der Waals surface area contributed by atoms with Crippen LogP contribution in [0.1, 0.15) is 0 Å². The van der Waals surface area contributed by atoms with Crippen molar-refractivity contribution in [2.45, 2.75) is 4.34 Å². The Kier molecular flexibility index (Phi) is 2.60. The molecule has 2 nitrogen and oxygen atoms in total. The van der Waals surface area contributed by atoms with Crippen molar-refractivity contribution in [2.75, 3.05) is 7.11 Å². The summed E-state index contributed by atoms with van der Waals surface area (Å²) in [5, 5.41) is 0. The van der Waals surface area contributed by atoms with Crippen molar-refractivity contribution in [3.63, 3.8) is 0 Å². The highest BCUT2D eigenvalue weighted by atomic mass is 32.2. The van der Waals surface area contributed by atoms with Crippen molar-refractivity contribution < 1.29 is 9.13 Å². The van der Waals surface area contributed by atoms with Gasteiger partial charge in [0, 0.05) is 12.3 Å². The highest BCUT2D eigenvalue weighted by molar-refractivity contribution is 8.02. The predicted octanol–water partition coefficient (Wildman–Crippen LogP) is 3.33. The van der Waals surface area contributed by atoms with Crippen molar-refractivity contribution in [3.8, 4) is 5.75 Å². The van der Waals surface area contributed by atoms with Crippen LogP contribution in [-0.4, -0.2) is 12.1 Å². The molecule has 0 saturated heterocycles. The molecule has 1 aromatic heterocycles. The summed E-state index contributed by atoms with van der Waals surface area (Å²) in [6.07, 6.45) is 3.66. The first kappa shape index (κ1) is 9.73. The first-order chi connectivity index (χ1) is 6.74. The number of thioether (sulfide) groups is 1. The van der Waals surface area contributed by atoms with E-state index in [0.717, 1.165) is 9.04 Å². The average Bonchev–Trinajstić information content (AvgIpc) is 2.59. The molecule has 2 rings (SSSR count). The number of methoxy groups -OCH3 is 1. The fourth-order valence-electron chi connectivity index (χ4n) is 1.16. The molecule has 1 radical (unpaired) electrons. The Balaban J connectivity index is 2.71. The van der Waals surface area contributed by atoms with Gasteiger partial charge in [0.05, 0.1) is 11.8 Å². The lowest BCUT2D eigenvalue weighted by Crippen LogP contribution is -1.85. The minimum atomic E-state index is -0.307. The molecule has 0 atom stereocenters. The molecular formula is C9H7FNOS2. The number of thiazole rings is 1. The molecule has 0 spiro atoms. The summed E-state index contributed by atoms with van der Waals surface area (Å²) in [5.74, 6) is 0.162. The molecule has 0 aliphatic carbocycles. The molecule has 73 valence electrons. The largest absolute Gasteiger partial charge is 0.494 e. The summed E-state index contributed by atoms with van der Waals surface area (Å²) in [7, 11) is 1.50. The minimum Gasteiger partial charge on any atom is -0.494 e. The van der Waals surface area contributed by atoms with Crippen LogP contribution in [0.4, 0.5) is 4.39 Å². The van der Waals surface area contributed by atoms with Crippen LogP contribution in [0.2, 0.25) is 0 Å². The third kappa shape index (κ3) is 1.57. The van der Waals surface area contributed by atoms with E-state index in [1.165, 1.54) is 42.3 Å². The van der Waals surface area contributed by atoms with Crippen LogP contribution in [0.3, 0.4) is 0 Å². The number of hydrogen-bond acceptors (Lipinski definition) is 4. The molecule has 0 bridgehead atoms. The van der Waals surface area contributed by atoms with E-state index in [9.17, 15) is 4.39 Å². The van der Waals surface area contributed by atoms with Crippen molar-refractivity contribution in [1.29, 1.82) is 0 Å². The maximum Gasteiger partial charge on any atom is 0.151 e. The van der Waals surface area contributed by atoms with Crippen molar-refractivity contribution in [2.24, 2.45) is 0 Å². The Morgan fingerprint density at radius 3 is 3.00 bits per heavy atom. The molecule has 0 saturated carbocycles. The molecule has 0 unspecified atom stereocenters. The Labute approximate surface area is 89.1 Å². The second-order valence-corrected chi connectivity index (χ2v) is 4.54. The summed E-state index contributed by atoms with van der Waals surface area (Å²) >= 11 is 2.71. The van der Waals surface area contributed by atoms with E-state index in [1.807, 2.05) is 0 Å². The predicted molar refractivity (Wildman–Crippen MR) is 57.3 cm³/mol.